The van der Waals surface area contributed by atoms with Crippen LogP contribution in [0.1, 0.15) is 30.3 Å². The van der Waals surface area contributed by atoms with Crippen LogP contribution in [0, 0.1) is 5.82 Å². The number of rotatable bonds is 6. The Morgan fingerprint density at radius 2 is 1.81 bits per heavy atom. The van der Waals surface area contributed by atoms with E-state index >= 15 is 0 Å². The van der Waals surface area contributed by atoms with Crippen LogP contribution in [0.15, 0.2) is 36.7 Å². The zero-order valence-corrected chi connectivity index (χ0v) is 15.0. The van der Waals surface area contributed by atoms with Crippen LogP contribution in [0.25, 0.3) is 0 Å². The van der Waals surface area contributed by atoms with Crippen molar-refractivity contribution >= 4 is 17.4 Å². The van der Waals surface area contributed by atoms with E-state index in [4.69, 9.17) is 0 Å². The Kier molecular flexibility index (Phi) is 5.99. The molecule has 1 amide bonds. The molecule has 0 bridgehead atoms. The highest BCUT2D eigenvalue weighted by atomic mass is 19.1. The second-order valence-corrected chi connectivity index (χ2v) is 6.32. The van der Waals surface area contributed by atoms with Crippen LogP contribution in [0.5, 0.6) is 0 Å². The molecule has 138 valence electrons. The van der Waals surface area contributed by atoms with Crippen LogP contribution in [-0.2, 0) is 0 Å². The molecule has 0 spiro atoms. The van der Waals surface area contributed by atoms with Crippen molar-refractivity contribution in [2.75, 3.05) is 42.5 Å². The summed E-state index contributed by atoms with van der Waals surface area (Å²) < 4.78 is 13.1. The maximum Gasteiger partial charge on any atom is 0.270 e. The molecule has 7 heteroatoms. The van der Waals surface area contributed by atoms with Gasteiger partial charge in [0.25, 0.3) is 5.91 Å². The number of anilines is 2. The third-order valence-corrected chi connectivity index (χ3v) is 4.50. The van der Waals surface area contributed by atoms with Crippen molar-refractivity contribution in [1.82, 2.24) is 15.3 Å². The Labute approximate surface area is 153 Å². The number of carbonyl (C=O) groups is 1. The van der Waals surface area contributed by atoms with Gasteiger partial charge in [0.05, 0.1) is 0 Å². The number of hydrogen-bond acceptors (Lipinski definition) is 5. The normalized spacial score (nSPS) is 14.4. The predicted molar refractivity (Wildman–Crippen MR) is 100 cm³/mol. The summed E-state index contributed by atoms with van der Waals surface area (Å²) in [5.41, 5.74) is 1.41. The molecule has 3 rings (SSSR count). The predicted octanol–water partition coefficient (Wildman–Crippen LogP) is 2.47. The van der Waals surface area contributed by atoms with Crippen molar-refractivity contribution in [3.05, 3.63) is 48.2 Å². The van der Waals surface area contributed by atoms with E-state index < -0.39 is 0 Å². The van der Waals surface area contributed by atoms with Crippen LogP contribution in [0.2, 0.25) is 0 Å². The highest BCUT2D eigenvalue weighted by molar-refractivity contribution is 5.92. The van der Waals surface area contributed by atoms with E-state index in [1.807, 2.05) is 0 Å². The summed E-state index contributed by atoms with van der Waals surface area (Å²) in [6.07, 6.45) is 3.43. The van der Waals surface area contributed by atoms with E-state index in [-0.39, 0.29) is 11.7 Å². The number of carbonyl (C=O) groups excluding carboxylic acids is 1. The monoisotopic (exact) mass is 357 g/mol. The van der Waals surface area contributed by atoms with Crippen molar-refractivity contribution in [3.8, 4) is 0 Å². The summed E-state index contributed by atoms with van der Waals surface area (Å²) in [6.45, 7) is 5.93. The van der Waals surface area contributed by atoms with Crippen molar-refractivity contribution < 1.29 is 9.18 Å². The van der Waals surface area contributed by atoms with Crippen LogP contribution in [-0.4, -0.2) is 48.6 Å². The van der Waals surface area contributed by atoms with Crippen molar-refractivity contribution in [2.24, 2.45) is 0 Å². The summed E-state index contributed by atoms with van der Waals surface area (Å²) in [4.78, 5) is 24.9. The molecule has 1 fully saturated rings. The number of nitrogens with one attached hydrogen (secondary N) is 1. The number of hydrogen-bond donors (Lipinski definition) is 1. The topological polar surface area (TPSA) is 61.4 Å². The molecule has 0 unspecified atom stereocenters. The molecule has 26 heavy (non-hydrogen) atoms. The SMILES string of the molecule is CCCCNC(=O)c1cc(N2CCN(c3ccc(F)cc3)CC2)ncn1. The zero-order valence-electron chi connectivity index (χ0n) is 15.0. The molecular formula is C19H24FN5O. The van der Waals surface area contributed by atoms with Crippen molar-refractivity contribution in [1.29, 1.82) is 0 Å². The maximum atomic E-state index is 13.1. The van der Waals surface area contributed by atoms with Crippen LogP contribution < -0.4 is 15.1 Å². The Morgan fingerprint density at radius 1 is 1.12 bits per heavy atom. The van der Waals surface area contributed by atoms with E-state index in [9.17, 15) is 9.18 Å². The fourth-order valence-corrected chi connectivity index (χ4v) is 2.96. The molecule has 1 N–H and O–H groups in total. The van der Waals surface area contributed by atoms with Crippen molar-refractivity contribution in [3.63, 3.8) is 0 Å². The van der Waals surface area contributed by atoms with Gasteiger partial charge in [-0.3, -0.25) is 4.79 Å². The second-order valence-electron chi connectivity index (χ2n) is 6.32. The smallest absolute Gasteiger partial charge is 0.270 e. The Balaban J connectivity index is 1.59. The summed E-state index contributed by atoms with van der Waals surface area (Å²) in [7, 11) is 0. The van der Waals surface area contributed by atoms with Crippen molar-refractivity contribution in [2.45, 2.75) is 19.8 Å². The summed E-state index contributed by atoms with van der Waals surface area (Å²) >= 11 is 0. The molecule has 1 aliphatic heterocycles. The highest BCUT2D eigenvalue weighted by Crippen LogP contribution is 2.19. The first-order chi connectivity index (χ1) is 12.7. The lowest BCUT2D eigenvalue weighted by Crippen LogP contribution is -2.47. The maximum absolute atomic E-state index is 13.1. The first-order valence-corrected chi connectivity index (χ1v) is 9.03. The van der Waals surface area contributed by atoms with E-state index in [0.717, 1.165) is 50.5 Å². The van der Waals surface area contributed by atoms with E-state index in [1.54, 1.807) is 18.2 Å². The van der Waals surface area contributed by atoms with Gasteiger partial charge in [-0.25, -0.2) is 14.4 Å². The average Bonchev–Trinajstić information content (AvgIpc) is 2.69. The number of benzene rings is 1. The lowest BCUT2D eigenvalue weighted by molar-refractivity contribution is 0.0948. The third kappa shape index (κ3) is 4.47. The number of aromatic nitrogens is 2. The summed E-state index contributed by atoms with van der Waals surface area (Å²) in [5.74, 6) is 0.379. The minimum atomic E-state index is -0.224. The number of amides is 1. The standard InChI is InChI=1S/C19H24FN5O/c1-2-3-8-21-19(26)17-13-18(23-14-22-17)25-11-9-24(10-12-25)16-6-4-15(20)5-7-16/h4-7,13-14H,2-3,8-12H2,1H3,(H,21,26). The molecule has 6 nitrogen and oxygen atoms in total. The van der Waals surface area contributed by atoms with Gasteiger partial charge in [-0.15, -0.1) is 0 Å². The zero-order chi connectivity index (χ0) is 18.4. The number of halogens is 1. The van der Waals surface area contributed by atoms with Crippen LogP contribution >= 0.6 is 0 Å². The number of nitrogens with zero attached hydrogens (tertiary/aromatic N) is 4. The van der Waals surface area contributed by atoms with Gasteiger partial charge >= 0.3 is 0 Å². The molecule has 0 saturated carbocycles. The summed E-state index contributed by atoms with van der Waals surface area (Å²) in [5, 5.41) is 2.88. The van der Waals surface area contributed by atoms with Gasteiger partial charge < -0.3 is 15.1 Å². The first-order valence-electron chi connectivity index (χ1n) is 9.03. The van der Waals surface area contributed by atoms with Gasteiger partial charge in [0.15, 0.2) is 0 Å². The van der Waals surface area contributed by atoms with E-state index in [2.05, 4.69) is 32.0 Å². The molecule has 0 atom stereocenters. The Hall–Kier alpha value is -2.70. The number of piperazine rings is 1. The lowest BCUT2D eigenvalue weighted by atomic mass is 10.2. The molecule has 1 saturated heterocycles. The molecule has 2 aromatic rings. The molecule has 2 heterocycles. The molecule has 0 radical (unpaired) electrons. The van der Waals surface area contributed by atoms with Crippen LogP contribution in [0.3, 0.4) is 0 Å². The van der Waals surface area contributed by atoms with E-state index in [0.29, 0.717) is 12.2 Å². The molecule has 1 aromatic heterocycles. The first kappa shape index (κ1) is 18.1. The Morgan fingerprint density at radius 3 is 2.50 bits per heavy atom. The minimum absolute atomic E-state index is 0.160. The average molecular weight is 357 g/mol. The van der Waals surface area contributed by atoms with Gasteiger partial charge in [0.2, 0.25) is 0 Å². The van der Waals surface area contributed by atoms with Gasteiger partial charge in [0.1, 0.15) is 23.7 Å². The Bertz CT molecular complexity index is 729. The summed E-state index contributed by atoms with van der Waals surface area (Å²) in [6, 6.07) is 8.31. The number of unbranched alkanes of at least 4 members (excludes halogenated alkanes) is 1. The minimum Gasteiger partial charge on any atom is -0.368 e. The molecule has 1 aromatic carbocycles. The van der Waals surface area contributed by atoms with Gasteiger partial charge in [-0.05, 0) is 30.7 Å². The molecular weight excluding hydrogens is 333 g/mol. The fraction of sp³-hybridized carbons (Fsp3) is 0.421. The second kappa shape index (κ2) is 8.60. The molecule has 0 aliphatic carbocycles. The quantitative estimate of drug-likeness (QED) is 0.805. The van der Waals surface area contributed by atoms with Crippen LogP contribution in [0.4, 0.5) is 15.9 Å². The molecule has 1 aliphatic rings. The van der Waals surface area contributed by atoms with E-state index in [1.165, 1.54) is 18.5 Å². The van der Waals surface area contributed by atoms with Gasteiger partial charge in [0, 0.05) is 44.5 Å². The fourth-order valence-electron chi connectivity index (χ4n) is 2.96. The van der Waals surface area contributed by atoms with Gasteiger partial charge in [-0.2, -0.15) is 0 Å². The third-order valence-electron chi connectivity index (χ3n) is 4.50. The largest absolute Gasteiger partial charge is 0.368 e. The van der Waals surface area contributed by atoms with Gasteiger partial charge in [-0.1, -0.05) is 13.3 Å². The lowest BCUT2D eigenvalue weighted by Gasteiger charge is -2.36. The highest BCUT2D eigenvalue weighted by Gasteiger charge is 2.19.